The van der Waals surface area contributed by atoms with Crippen molar-refractivity contribution in [2.45, 2.75) is 6.54 Å². The highest BCUT2D eigenvalue weighted by Crippen LogP contribution is 2.27. The molecule has 0 saturated carbocycles. The number of nitrogens with zero attached hydrogens (tertiary/aromatic N) is 1. The minimum absolute atomic E-state index is 0.277. The first-order valence-electron chi connectivity index (χ1n) is 6.32. The van der Waals surface area contributed by atoms with Crippen LogP contribution in [-0.2, 0) is 6.54 Å². The van der Waals surface area contributed by atoms with Gasteiger partial charge in [0, 0.05) is 27.1 Å². The summed E-state index contributed by atoms with van der Waals surface area (Å²) >= 11 is 3.48. The number of carboxylic acids is 1. The molecule has 3 rings (SSSR count). The second-order valence-electron chi connectivity index (χ2n) is 4.71. The first kappa shape index (κ1) is 13.8. The Labute approximate surface area is 128 Å². The lowest BCUT2D eigenvalue weighted by molar-refractivity contribution is 0.0691. The van der Waals surface area contributed by atoms with Crippen LogP contribution in [0.15, 0.2) is 53.1 Å². The van der Waals surface area contributed by atoms with E-state index in [4.69, 9.17) is 5.11 Å². The minimum atomic E-state index is -1.26. The molecule has 0 unspecified atom stereocenters. The zero-order valence-electron chi connectivity index (χ0n) is 10.9. The molecule has 5 heteroatoms. The van der Waals surface area contributed by atoms with Crippen molar-refractivity contribution in [2.24, 2.45) is 0 Å². The Bertz CT molecular complexity index is 841. The smallest absolute Gasteiger partial charge is 0.338 e. The van der Waals surface area contributed by atoms with Crippen LogP contribution in [0.25, 0.3) is 10.9 Å². The molecule has 0 spiro atoms. The number of aromatic carboxylic acids is 1. The maximum atomic E-state index is 14.2. The fourth-order valence-electron chi connectivity index (χ4n) is 2.38. The molecule has 0 atom stereocenters. The van der Waals surface area contributed by atoms with Crippen LogP contribution in [0.2, 0.25) is 0 Å². The van der Waals surface area contributed by atoms with Crippen LogP contribution < -0.4 is 0 Å². The Morgan fingerprint density at radius 1 is 1.19 bits per heavy atom. The summed E-state index contributed by atoms with van der Waals surface area (Å²) in [5, 5.41) is 10.0. The van der Waals surface area contributed by atoms with Crippen molar-refractivity contribution >= 4 is 32.8 Å². The van der Waals surface area contributed by atoms with E-state index >= 15 is 0 Å². The van der Waals surface area contributed by atoms with Gasteiger partial charge in [0.05, 0.1) is 12.1 Å². The fourth-order valence-corrected chi connectivity index (χ4v) is 2.97. The molecule has 0 saturated heterocycles. The number of hydrogen-bond donors (Lipinski definition) is 1. The standard InChI is InChI=1S/C16H11BrFNO2/c17-13-9-19(14-7-2-1-5-11(13)14)8-10-4-3-6-12(15(10)18)16(20)21/h1-7,9H,8H2,(H,20,21). The van der Waals surface area contributed by atoms with Crippen molar-refractivity contribution in [3.05, 3.63) is 70.1 Å². The van der Waals surface area contributed by atoms with Crippen molar-refractivity contribution in [3.8, 4) is 0 Å². The predicted octanol–water partition coefficient (Wildman–Crippen LogP) is 4.29. The molecule has 3 nitrogen and oxygen atoms in total. The molecule has 21 heavy (non-hydrogen) atoms. The maximum Gasteiger partial charge on any atom is 0.338 e. The summed E-state index contributed by atoms with van der Waals surface area (Å²) in [6.07, 6.45) is 1.87. The highest BCUT2D eigenvalue weighted by Gasteiger charge is 2.15. The second kappa shape index (κ2) is 5.33. The molecule has 1 N–H and O–H groups in total. The number of halogens is 2. The zero-order chi connectivity index (χ0) is 15.0. The normalized spacial score (nSPS) is 11.0. The Balaban J connectivity index is 2.07. The fraction of sp³-hybridized carbons (Fsp3) is 0.0625. The van der Waals surface area contributed by atoms with E-state index in [1.807, 2.05) is 35.0 Å². The lowest BCUT2D eigenvalue weighted by Gasteiger charge is -2.08. The highest BCUT2D eigenvalue weighted by molar-refractivity contribution is 9.10. The molecule has 0 amide bonds. The summed E-state index contributed by atoms with van der Waals surface area (Å²) < 4.78 is 17.0. The minimum Gasteiger partial charge on any atom is -0.478 e. The van der Waals surface area contributed by atoms with Gasteiger partial charge in [0.15, 0.2) is 0 Å². The number of carboxylic acid groups (broad SMARTS) is 1. The van der Waals surface area contributed by atoms with Gasteiger partial charge in [-0.2, -0.15) is 0 Å². The Hall–Kier alpha value is -2.14. The van der Waals surface area contributed by atoms with Gasteiger partial charge in [0.1, 0.15) is 5.82 Å². The Morgan fingerprint density at radius 3 is 2.71 bits per heavy atom. The number of para-hydroxylation sites is 1. The summed E-state index contributed by atoms with van der Waals surface area (Å²) in [5.41, 5.74) is 1.01. The van der Waals surface area contributed by atoms with Gasteiger partial charge < -0.3 is 9.67 Å². The summed E-state index contributed by atoms with van der Waals surface area (Å²) in [4.78, 5) is 11.0. The molecule has 2 aromatic carbocycles. The van der Waals surface area contributed by atoms with Crippen LogP contribution in [0, 0.1) is 5.82 Å². The average molecular weight is 348 g/mol. The molecular weight excluding hydrogens is 337 g/mol. The second-order valence-corrected chi connectivity index (χ2v) is 5.56. The molecule has 0 fully saturated rings. The number of carbonyl (C=O) groups is 1. The topological polar surface area (TPSA) is 42.2 Å². The third-order valence-corrected chi connectivity index (χ3v) is 4.02. The third kappa shape index (κ3) is 2.45. The van der Waals surface area contributed by atoms with Crippen molar-refractivity contribution in [2.75, 3.05) is 0 Å². The molecule has 0 aliphatic carbocycles. The van der Waals surface area contributed by atoms with Gasteiger partial charge in [0.2, 0.25) is 0 Å². The van der Waals surface area contributed by atoms with Crippen LogP contribution in [0.4, 0.5) is 4.39 Å². The molecule has 1 aromatic heterocycles. The maximum absolute atomic E-state index is 14.2. The first-order chi connectivity index (χ1) is 10.1. The van der Waals surface area contributed by atoms with Gasteiger partial charge in [0.25, 0.3) is 0 Å². The molecular formula is C16H11BrFNO2. The van der Waals surface area contributed by atoms with Crippen LogP contribution in [0.5, 0.6) is 0 Å². The number of fused-ring (bicyclic) bond motifs is 1. The summed E-state index contributed by atoms with van der Waals surface area (Å²) in [7, 11) is 0. The van der Waals surface area contributed by atoms with E-state index in [1.54, 1.807) is 12.1 Å². The Kier molecular flexibility index (Phi) is 3.51. The molecule has 0 bridgehead atoms. The SMILES string of the molecule is O=C(O)c1cccc(Cn2cc(Br)c3ccccc32)c1F. The number of hydrogen-bond acceptors (Lipinski definition) is 1. The van der Waals surface area contributed by atoms with Gasteiger partial charge in [-0.1, -0.05) is 30.3 Å². The molecule has 0 aliphatic heterocycles. The van der Waals surface area contributed by atoms with Crippen LogP contribution in [-0.4, -0.2) is 15.6 Å². The number of rotatable bonds is 3. The van der Waals surface area contributed by atoms with E-state index in [9.17, 15) is 9.18 Å². The summed E-state index contributed by atoms with van der Waals surface area (Å²) in [6, 6.07) is 12.2. The van der Waals surface area contributed by atoms with E-state index in [1.165, 1.54) is 6.07 Å². The van der Waals surface area contributed by atoms with Crippen LogP contribution in [0.1, 0.15) is 15.9 Å². The van der Waals surface area contributed by atoms with Crippen molar-refractivity contribution in [1.82, 2.24) is 4.57 Å². The predicted molar refractivity (Wildman–Crippen MR) is 82.1 cm³/mol. The quantitative estimate of drug-likeness (QED) is 0.767. The monoisotopic (exact) mass is 347 g/mol. The van der Waals surface area contributed by atoms with E-state index in [0.717, 1.165) is 15.4 Å². The highest BCUT2D eigenvalue weighted by atomic mass is 79.9. The third-order valence-electron chi connectivity index (χ3n) is 3.39. The molecule has 106 valence electrons. The Morgan fingerprint density at radius 2 is 1.95 bits per heavy atom. The van der Waals surface area contributed by atoms with E-state index in [2.05, 4.69) is 15.9 Å². The summed E-state index contributed by atoms with van der Waals surface area (Å²) in [6.45, 7) is 0.277. The van der Waals surface area contributed by atoms with Crippen molar-refractivity contribution in [1.29, 1.82) is 0 Å². The lowest BCUT2D eigenvalue weighted by atomic mass is 10.1. The van der Waals surface area contributed by atoms with E-state index < -0.39 is 11.8 Å². The van der Waals surface area contributed by atoms with E-state index in [0.29, 0.717) is 5.56 Å². The van der Waals surface area contributed by atoms with E-state index in [-0.39, 0.29) is 12.1 Å². The molecule has 1 heterocycles. The van der Waals surface area contributed by atoms with Crippen molar-refractivity contribution in [3.63, 3.8) is 0 Å². The van der Waals surface area contributed by atoms with Gasteiger partial charge in [-0.15, -0.1) is 0 Å². The first-order valence-corrected chi connectivity index (χ1v) is 7.11. The molecule has 0 radical (unpaired) electrons. The van der Waals surface area contributed by atoms with Gasteiger partial charge in [-0.05, 0) is 28.1 Å². The largest absolute Gasteiger partial charge is 0.478 e. The molecule has 0 aliphatic rings. The zero-order valence-corrected chi connectivity index (χ0v) is 12.5. The molecule has 3 aromatic rings. The van der Waals surface area contributed by atoms with Crippen LogP contribution in [0.3, 0.4) is 0 Å². The average Bonchev–Trinajstić information content (AvgIpc) is 2.78. The van der Waals surface area contributed by atoms with Gasteiger partial charge >= 0.3 is 5.97 Å². The van der Waals surface area contributed by atoms with Gasteiger partial charge in [-0.3, -0.25) is 0 Å². The lowest BCUT2D eigenvalue weighted by Crippen LogP contribution is -2.06. The van der Waals surface area contributed by atoms with Crippen molar-refractivity contribution < 1.29 is 14.3 Å². The summed E-state index contributed by atoms with van der Waals surface area (Å²) in [5.74, 6) is -1.94. The number of benzene rings is 2. The van der Waals surface area contributed by atoms with Crippen LogP contribution >= 0.6 is 15.9 Å². The van der Waals surface area contributed by atoms with Gasteiger partial charge in [-0.25, -0.2) is 9.18 Å². The number of aromatic nitrogens is 1.